The Balaban J connectivity index is 2.64. The number of carbonyl (C=O) groups is 2. The highest BCUT2D eigenvalue weighted by Crippen LogP contribution is 2.32. The molecule has 1 fully saturated rings. The van der Waals surface area contributed by atoms with Crippen LogP contribution in [-0.4, -0.2) is 28.6 Å². The Morgan fingerprint density at radius 2 is 1.89 bits per heavy atom. The van der Waals surface area contributed by atoms with Gasteiger partial charge in [-0.1, -0.05) is 20.8 Å². The second-order valence-electron chi connectivity index (χ2n) is 6.23. The fraction of sp³-hybridized carbons (Fsp3) is 0.857. The van der Waals surface area contributed by atoms with Gasteiger partial charge in [0.25, 0.3) is 0 Å². The summed E-state index contributed by atoms with van der Waals surface area (Å²) in [5.41, 5.74) is 4.77. The maximum atomic E-state index is 12.0. The molecule has 0 aromatic heterocycles. The molecular formula is C14H26N2O3. The summed E-state index contributed by atoms with van der Waals surface area (Å²) in [6.45, 7) is 6.02. The number of nitrogens with one attached hydrogen (secondary N) is 1. The van der Waals surface area contributed by atoms with Gasteiger partial charge in [0.15, 0.2) is 0 Å². The Bertz CT molecular complexity index is 334. The molecule has 1 atom stereocenters. The zero-order valence-electron chi connectivity index (χ0n) is 12.1. The van der Waals surface area contributed by atoms with Gasteiger partial charge in [-0.25, -0.2) is 4.79 Å². The minimum Gasteiger partial charge on any atom is -0.480 e. The Morgan fingerprint density at radius 1 is 1.37 bits per heavy atom. The zero-order valence-corrected chi connectivity index (χ0v) is 12.1. The van der Waals surface area contributed by atoms with E-state index in [1.165, 1.54) is 0 Å². The number of carboxylic acid groups (broad SMARTS) is 1. The fourth-order valence-corrected chi connectivity index (χ4v) is 2.41. The lowest BCUT2D eigenvalue weighted by molar-refractivity contribution is -0.149. The maximum absolute atomic E-state index is 12.0. The number of hydrogen-bond donors (Lipinski definition) is 3. The van der Waals surface area contributed by atoms with E-state index >= 15 is 0 Å². The minimum atomic E-state index is -1.08. The summed E-state index contributed by atoms with van der Waals surface area (Å²) in [6, 6.07) is -0.228. The summed E-state index contributed by atoms with van der Waals surface area (Å²) < 4.78 is 0. The SMILES string of the molecule is CC1CCC(NC(=O)CC(N)C(C)C)(C(=O)O)CC1. The molecule has 110 valence electrons. The van der Waals surface area contributed by atoms with E-state index < -0.39 is 11.5 Å². The molecule has 1 aliphatic rings. The van der Waals surface area contributed by atoms with Gasteiger partial charge in [0.2, 0.25) is 5.91 Å². The van der Waals surface area contributed by atoms with Crippen LogP contribution in [0.25, 0.3) is 0 Å². The predicted molar refractivity (Wildman–Crippen MR) is 73.6 cm³/mol. The molecule has 0 heterocycles. The van der Waals surface area contributed by atoms with Crippen molar-refractivity contribution in [2.24, 2.45) is 17.6 Å². The minimum absolute atomic E-state index is 0.183. The van der Waals surface area contributed by atoms with Crippen LogP contribution in [0.4, 0.5) is 0 Å². The predicted octanol–water partition coefficient (Wildman–Crippen LogP) is 1.51. The molecule has 0 aliphatic heterocycles. The van der Waals surface area contributed by atoms with Crippen LogP contribution in [0.2, 0.25) is 0 Å². The summed E-state index contributed by atoms with van der Waals surface area (Å²) in [7, 11) is 0. The number of carbonyl (C=O) groups excluding carboxylic acids is 1. The largest absolute Gasteiger partial charge is 0.480 e. The van der Waals surface area contributed by atoms with Crippen molar-refractivity contribution in [1.29, 1.82) is 0 Å². The number of aliphatic carboxylic acids is 1. The van der Waals surface area contributed by atoms with E-state index in [4.69, 9.17) is 5.73 Å². The third-order valence-corrected chi connectivity index (χ3v) is 4.19. The topological polar surface area (TPSA) is 92.4 Å². The van der Waals surface area contributed by atoms with Crippen LogP contribution in [0, 0.1) is 11.8 Å². The summed E-state index contributed by atoms with van der Waals surface area (Å²) >= 11 is 0. The molecular weight excluding hydrogens is 244 g/mol. The van der Waals surface area contributed by atoms with Gasteiger partial charge in [-0.05, 0) is 37.5 Å². The highest BCUT2D eigenvalue weighted by atomic mass is 16.4. The number of nitrogens with two attached hydrogens (primary N) is 1. The van der Waals surface area contributed by atoms with Crippen molar-refractivity contribution in [3.8, 4) is 0 Å². The number of amides is 1. The van der Waals surface area contributed by atoms with E-state index in [9.17, 15) is 14.7 Å². The van der Waals surface area contributed by atoms with Crippen LogP contribution in [0.3, 0.4) is 0 Å². The van der Waals surface area contributed by atoms with Gasteiger partial charge < -0.3 is 16.2 Å². The molecule has 0 aromatic rings. The van der Waals surface area contributed by atoms with Gasteiger partial charge in [0.1, 0.15) is 5.54 Å². The quantitative estimate of drug-likeness (QED) is 0.706. The van der Waals surface area contributed by atoms with E-state index in [-0.39, 0.29) is 24.3 Å². The van der Waals surface area contributed by atoms with Gasteiger partial charge in [-0.15, -0.1) is 0 Å². The van der Waals surface area contributed by atoms with Gasteiger partial charge in [0.05, 0.1) is 0 Å². The molecule has 5 nitrogen and oxygen atoms in total. The lowest BCUT2D eigenvalue weighted by Crippen LogP contribution is -2.57. The van der Waals surface area contributed by atoms with E-state index in [1.54, 1.807) is 0 Å². The van der Waals surface area contributed by atoms with Crippen molar-refractivity contribution >= 4 is 11.9 Å². The molecule has 1 unspecified atom stereocenters. The molecule has 0 bridgehead atoms. The second kappa shape index (κ2) is 6.37. The molecule has 1 amide bonds. The third kappa shape index (κ3) is 4.20. The second-order valence-corrected chi connectivity index (χ2v) is 6.23. The molecule has 1 rings (SSSR count). The van der Waals surface area contributed by atoms with Gasteiger partial charge in [-0.3, -0.25) is 4.79 Å². The molecule has 19 heavy (non-hydrogen) atoms. The maximum Gasteiger partial charge on any atom is 0.329 e. The molecule has 0 aromatic carbocycles. The summed E-state index contributed by atoms with van der Waals surface area (Å²) in [4.78, 5) is 23.5. The zero-order chi connectivity index (χ0) is 14.6. The average molecular weight is 270 g/mol. The van der Waals surface area contributed by atoms with E-state index in [0.29, 0.717) is 18.8 Å². The highest BCUT2D eigenvalue weighted by molar-refractivity contribution is 5.87. The average Bonchev–Trinajstić information content (AvgIpc) is 2.31. The van der Waals surface area contributed by atoms with E-state index in [1.807, 2.05) is 13.8 Å². The van der Waals surface area contributed by atoms with Crippen molar-refractivity contribution in [3.63, 3.8) is 0 Å². The third-order valence-electron chi connectivity index (χ3n) is 4.19. The first kappa shape index (κ1) is 16.0. The molecule has 0 saturated heterocycles. The van der Waals surface area contributed by atoms with Crippen LogP contribution in [-0.2, 0) is 9.59 Å². The van der Waals surface area contributed by atoms with Gasteiger partial charge >= 0.3 is 5.97 Å². The fourth-order valence-electron chi connectivity index (χ4n) is 2.41. The van der Waals surface area contributed by atoms with Crippen LogP contribution in [0.5, 0.6) is 0 Å². The van der Waals surface area contributed by atoms with Crippen LogP contribution >= 0.6 is 0 Å². The first-order chi connectivity index (χ1) is 8.77. The monoisotopic (exact) mass is 270 g/mol. The van der Waals surface area contributed by atoms with Crippen molar-refractivity contribution in [2.75, 3.05) is 0 Å². The Hall–Kier alpha value is -1.10. The number of carboxylic acids is 1. The molecule has 1 saturated carbocycles. The number of rotatable bonds is 5. The smallest absolute Gasteiger partial charge is 0.329 e. The molecule has 5 heteroatoms. The van der Waals surface area contributed by atoms with Gasteiger partial charge in [-0.2, -0.15) is 0 Å². The van der Waals surface area contributed by atoms with E-state index in [2.05, 4.69) is 12.2 Å². The summed E-state index contributed by atoms with van der Waals surface area (Å²) in [5.74, 6) is -0.441. The van der Waals surface area contributed by atoms with Crippen molar-refractivity contribution < 1.29 is 14.7 Å². The highest BCUT2D eigenvalue weighted by Gasteiger charge is 2.42. The molecule has 0 radical (unpaired) electrons. The first-order valence-electron chi connectivity index (χ1n) is 7.07. The Labute approximate surface area is 114 Å². The Kier molecular flexibility index (Phi) is 5.35. The molecule has 4 N–H and O–H groups in total. The summed E-state index contributed by atoms with van der Waals surface area (Å²) in [5, 5.41) is 12.1. The van der Waals surface area contributed by atoms with Crippen molar-refractivity contribution in [2.45, 2.75) is 64.5 Å². The van der Waals surface area contributed by atoms with Crippen LogP contribution in [0.15, 0.2) is 0 Å². The first-order valence-corrected chi connectivity index (χ1v) is 7.07. The molecule has 1 aliphatic carbocycles. The Morgan fingerprint density at radius 3 is 2.32 bits per heavy atom. The normalized spacial score (nSPS) is 29.0. The van der Waals surface area contributed by atoms with Crippen LogP contribution < -0.4 is 11.1 Å². The lowest BCUT2D eigenvalue weighted by Gasteiger charge is -2.36. The number of hydrogen-bond acceptors (Lipinski definition) is 3. The van der Waals surface area contributed by atoms with E-state index in [0.717, 1.165) is 12.8 Å². The van der Waals surface area contributed by atoms with Crippen LogP contribution in [0.1, 0.15) is 52.9 Å². The lowest BCUT2D eigenvalue weighted by atomic mass is 9.77. The van der Waals surface area contributed by atoms with Crippen molar-refractivity contribution in [3.05, 3.63) is 0 Å². The van der Waals surface area contributed by atoms with Crippen molar-refractivity contribution in [1.82, 2.24) is 5.32 Å². The van der Waals surface area contributed by atoms with Gasteiger partial charge in [0, 0.05) is 12.5 Å². The molecule has 0 spiro atoms. The standard InChI is InChI=1S/C14H26N2O3/c1-9(2)11(15)8-12(17)16-14(13(18)19)6-4-10(3)5-7-14/h9-11H,4-8,15H2,1-3H3,(H,16,17)(H,18,19). The summed E-state index contributed by atoms with van der Waals surface area (Å²) in [6.07, 6.45) is 2.87.